The number of hydrogen-bond donors (Lipinski definition) is 1. The third-order valence-corrected chi connectivity index (χ3v) is 6.13. The van der Waals surface area contributed by atoms with Crippen LogP contribution < -0.4 is 15.8 Å². The first-order valence-corrected chi connectivity index (χ1v) is 11.5. The summed E-state index contributed by atoms with van der Waals surface area (Å²) >= 11 is 0. The molecule has 0 radical (unpaired) electrons. The molecule has 2 aromatic heterocycles. The van der Waals surface area contributed by atoms with Crippen LogP contribution in [0.2, 0.25) is 0 Å². The number of nitrogens with one attached hydrogen (secondary N) is 1. The summed E-state index contributed by atoms with van der Waals surface area (Å²) < 4.78 is 5.37. The molecule has 1 fully saturated rings. The van der Waals surface area contributed by atoms with Gasteiger partial charge in [0.1, 0.15) is 11.6 Å². The van der Waals surface area contributed by atoms with Gasteiger partial charge in [-0.05, 0) is 24.4 Å². The van der Waals surface area contributed by atoms with Crippen molar-refractivity contribution in [2.45, 2.75) is 6.42 Å². The van der Waals surface area contributed by atoms with Gasteiger partial charge in [-0.25, -0.2) is 9.78 Å². The van der Waals surface area contributed by atoms with Crippen molar-refractivity contribution in [2.24, 2.45) is 0 Å². The molecule has 5 rings (SSSR count). The molecule has 168 valence electrons. The largest absolute Gasteiger partial charge is 0.423 e. The second kappa shape index (κ2) is 9.88. The van der Waals surface area contributed by atoms with E-state index in [-0.39, 0.29) is 5.63 Å². The summed E-state index contributed by atoms with van der Waals surface area (Å²) in [6.45, 7) is 5.85. The Balaban J connectivity index is 1.11. The number of piperazine rings is 1. The Morgan fingerprint density at radius 3 is 2.55 bits per heavy atom. The Kier molecular flexibility index (Phi) is 6.35. The Hall–Kier alpha value is -3.64. The van der Waals surface area contributed by atoms with Crippen LogP contribution in [0.5, 0.6) is 0 Å². The predicted octanol–water partition coefficient (Wildman–Crippen LogP) is 4.48. The fourth-order valence-electron chi connectivity index (χ4n) is 4.40. The third kappa shape index (κ3) is 5.07. The van der Waals surface area contributed by atoms with E-state index in [1.54, 1.807) is 0 Å². The second-order valence-corrected chi connectivity index (χ2v) is 8.36. The van der Waals surface area contributed by atoms with E-state index in [0.717, 1.165) is 62.8 Å². The first-order chi connectivity index (χ1) is 16.3. The van der Waals surface area contributed by atoms with E-state index in [1.807, 2.05) is 42.6 Å². The molecule has 1 aliphatic rings. The summed E-state index contributed by atoms with van der Waals surface area (Å²) in [7, 11) is 0. The third-order valence-electron chi connectivity index (χ3n) is 6.13. The van der Waals surface area contributed by atoms with Crippen molar-refractivity contribution in [3.05, 3.63) is 89.4 Å². The lowest BCUT2D eigenvalue weighted by molar-refractivity contribution is 0.257. The van der Waals surface area contributed by atoms with Gasteiger partial charge in [0.15, 0.2) is 0 Å². The minimum Gasteiger partial charge on any atom is -0.423 e. The SMILES string of the molecule is O=c1cc(NCCCN2CCN(c3nccc4ccccc34)CC2)cc(-c2ccccc2)o1. The number of pyridine rings is 1. The lowest BCUT2D eigenvalue weighted by Gasteiger charge is -2.35. The molecule has 0 unspecified atom stereocenters. The summed E-state index contributed by atoms with van der Waals surface area (Å²) in [6.07, 6.45) is 2.91. The Bertz CT molecular complexity index is 1260. The average molecular weight is 441 g/mol. The Labute approximate surface area is 193 Å². The summed E-state index contributed by atoms with van der Waals surface area (Å²) in [5.74, 6) is 1.68. The van der Waals surface area contributed by atoms with Crippen LogP contribution in [0.3, 0.4) is 0 Å². The molecule has 33 heavy (non-hydrogen) atoms. The number of anilines is 2. The van der Waals surface area contributed by atoms with Gasteiger partial charge in [0.2, 0.25) is 0 Å². The first kappa shape index (κ1) is 21.2. The number of benzene rings is 2. The minimum atomic E-state index is -0.336. The molecule has 4 aromatic rings. The molecule has 0 bridgehead atoms. The van der Waals surface area contributed by atoms with Crippen molar-refractivity contribution >= 4 is 22.3 Å². The molecule has 1 aliphatic heterocycles. The van der Waals surface area contributed by atoms with Crippen LogP contribution in [0.25, 0.3) is 22.1 Å². The van der Waals surface area contributed by atoms with Crippen LogP contribution in [0, 0.1) is 0 Å². The van der Waals surface area contributed by atoms with Crippen LogP contribution >= 0.6 is 0 Å². The quantitative estimate of drug-likeness (QED) is 0.428. The van der Waals surface area contributed by atoms with Gasteiger partial charge in [-0.3, -0.25) is 4.90 Å². The van der Waals surface area contributed by atoms with Gasteiger partial charge in [0, 0.05) is 67.7 Å². The number of rotatable bonds is 7. The van der Waals surface area contributed by atoms with E-state index in [0.29, 0.717) is 5.76 Å². The van der Waals surface area contributed by atoms with Crippen molar-refractivity contribution in [3.63, 3.8) is 0 Å². The van der Waals surface area contributed by atoms with Gasteiger partial charge in [-0.15, -0.1) is 0 Å². The number of fused-ring (bicyclic) bond motifs is 1. The maximum atomic E-state index is 12.0. The molecule has 0 aliphatic carbocycles. The Morgan fingerprint density at radius 2 is 1.70 bits per heavy atom. The van der Waals surface area contributed by atoms with Gasteiger partial charge < -0.3 is 14.6 Å². The van der Waals surface area contributed by atoms with Crippen LogP contribution in [-0.2, 0) is 0 Å². The van der Waals surface area contributed by atoms with Crippen molar-refractivity contribution in [1.82, 2.24) is 9.88 Å². The zero-order valence-corrected chi connectivity index (χ0v) is 18.6. The van der Waals surface area contributed by atoms with Gasteiger partial charge in [-0.1, -0.05) is 54.6 Å². The van der Waals surface area contributed by atoms with E-state index in [1.165, 1.54) is 16.8 Å². The van der Waals surface area contributed by atoms with E-state index >= 15 is 0 Å². The number of hydrogen-bond acceptors (Lipinski definition) is 6. The van der Waals surface area contributed by atoms with Gasteiger partial charge >= 0.3 is 5.63 Å². The Morgan fingerprint density at radius 1 is 0.909 bits per heavy atom. The number of nitrogens with zero attached hydrogens (tertiary/aromatic N) is 3. The van der Waals surface area contributed by atoms with Crippen molar-refractivity contribution in [1.29, 1.82) is 0 Å². The maximum absolute atomic E-state index is 12.0. The highest BCUT2D eigenvalue weighted by Crippen LogP contribution is 2.25. The molecular formula is C27H28N4O2. The highest BCUT2D eigenvalue weighted by Gasteiger charge is 2.19. The average Bonchev–Trinajstić information content (AvgIpc) is 2.87. The summed E-state index contributed by atoms with van der Waals surface area (Å²) in [4.78, 5) is 21.5. The van der Waals surface area contributed by atoms with E-state index in [4.69, 9.17) is 4.42 Å². The predicted molar refractivity (Wildman–Crippen MR) is 134 cm³/mol. The van der Waals surface area contributed by atoms with E-state index in [2.05, 4.69) is 50.4 Å². The van der Waals surface area contributed by atoms with Gasteiger partial charge in [0.05, 0.1) is 0 Å². The van der Waals surface area contributed by atoms with E-state index in [9.17, 15) is 4.79 Å². The fourth-order valence-corrected chi connectivity index (χ4v) is 4.40. The lowest BCUT2D eigenvalue weighted by atomic mass is 10.1. The van der Waals surface area contributed by atoms with Crippen LogP contribution in [-0.4, -0.2) is 49.2 Å². The highest BCUT2D eigenvalue weighted by molar-refractivity contribution is 5.92. The number of aromatic nitrogens is 1. The molecule has 0 atom stereocenters. The lowest BCUT2D eigenvalue weighted by Crippen LogP contribution is -2.47. The maximum Gasteiger partial charge on any atom is 0.338 e. The standard InChI is InChI=1S/C27H28N4O2/c32-26-20-23(19-25(33-26)22-8-2-1-3-9-22)28-12-6-14-30-15-17-31(18-16-30)27-24-10-5-4-7-21(24)11-13-29-27/h1-5,7-11,13,19-20,28H,6,12,14-18H2. The first-order valence-electron chi connectivity index (χ1n) is 11.5. The van der Waals surface area contributed by atoms with Gasteiger partial charge in [-0.2, -0.15) is 0 Å². The van der Waals surface area contributed by atoms with Gasteiger partial charge in [0.25, 0.3) is 0 Å². The zero-order chi connectivity index (χ0) is 22.5. The molecule has 0 amide bonds. The van der Waals surface area contributed by atoms with Crippen LogP contribution in [0.4, 0.5) is 11.5 Å². The molecule has 1 saturated heterocycles. The summed E-state index contributed by atoms with van der Waals surface area (Å²) in [5, 5.41) is 5.84. The molecule has 6 nitrogen and oxygen atoms in total. The molecule has 6 heteroatoms. The normalized spacial score (nSPS) is 14.5. The summed E-state index contributed by atoms with van der Waals surface area (Å²) in [6, 6.07) is 23.6. The minimum absolute atomic E-state index is 0.336. The van der Waals surface area contributed by atoms with Crippen molar-refractivity contribution < 1.29 is 4.42 Å². The zero-order valence-electron chi connectivity index (χ0n) is 18.6. The summed E-state index contributed by atoms with van der Waals surface area (Å²) in [5.41, 5.74) is 1.37. The molecule has 3 heterocycles. The molecule has 0 spiro atoms. The monoisotopic (exact) mass is 440 g/mol. The molecular weight excluding hydrogens is 412 g/mol. The molecule has 0 saturated carbocycles. The molecule has 2 aromatic carbocycles. The second-order valence-electron chi connectivity index (χ2n) is 8.36. The van der Waals surface area contributed by atoms with Crippen LogP contribution in [0.15, 0.2) is 88.2 Å². The smallest absolute Gasteiger partial charge is 0.338 e. The topological polar surface area (TPSA) is 61.6 Å². The fraction of sp³-hybridized carbons (Fsp3) is 0.259. The van der Waals surface area contributed by atoms with Crippen molar-refractivity contribution in [3.8, 4) is 11.3 Å². The van der Waals surface area contributed by atoms with E-state index < -0.39 is 0 Å². The highest BCUT2D eigenvalue weighted by atomic mass is 16.4. The van der Waals surface area contributed by atoms with Crippen LogP contribution in [0.1, 0.15) is 6.42 Å². The van der Waals surface area contributed by atoms with Crippen molar-refractivity contribution in [2.75, 3.05) is 49.5 Å². The molecule has 1 N–H and O–H groups in total.